The minimum atomic E-state index is 0.495. The van der Waals surface area contributed by atoms with Gasteiger partial charge in [0.15, 0.2) is 0 Å². The van der Waals surface area contributed by atoms with Crippen molar-refractivity contribution in [2.24, 2.45) is 11.8 Å². The summed E-state index contributed by atoms with van der Waals surface area (Å²) in [5.41, 5.74) is 0.495. The van der Waals surface area contributed by atoms with E-state index >= 15 is 0 Å². The Morgan fingerprint density at radius 2 is 2.38 bits per heavy atom. The van der Waals surface area contributed by atoms with E-state index in [0.29, 0.717) is 5.41 Å². The molecule has 1 saturated carbocycles. The van der Waals surface area contributed by atoms with Gasteiger partial charge in [0.25, 0.3) is 0 Å². The molecule has 0 radical (unpaired) electrons. The summed E-state index contributed by atoms with van der Waals surface area (Å²) in [6, 6.07) is 4.52. The average Bonchev–Trinajstić information content (AvgIpc) is 2.74. The van der Waals surface area contributed by atoms with Crippen molar-refractivity contribution >= 4 is 11.3 Å². The number of hydrogen-bond donors (Lipinski definition) is 1. The normalized spacial score (nSPS) is 28.6. The van der Waals surface area contributed by atoms with E-state index in [1.807, 2.05) is 11.3 Å². The number of nitrogens with one attached hydrogen (secondary N) is 1. The second kappa shape index (κ2) is 4.89. The lowest BCUT2D eigenvalue weighted by Gasteiger charge is -2.20. The van der Waals surface area contributed by atoms with Crippen LogP contribution in [0.4, 0.5) is 0 Å². The highest BCUT2D eigenvalue weighted by atomic mass is 32.1. The van der Waals surface area contributed by atoms with Crippen LogP contribution in [0.15, 0.2) is 17.5 Å². The van der Waals surface area contributed by atoms with E-state index in [0.717, 1.165) is 18.4 Å². The maximum atomic E-state index is 3.57. The summed E-state index contributed by atoms with van der Waals surface area (Å²) in [5.74, 6) is 1.62. The van der Waals surface area contributed by atoms with Crippen LogP contribution < -0.4 is 5.32 Å². The summed E-state index contributed by atoms with van der Waals surface area (Å²) in [4.78, 5) is 1.60. The van der Waals surface area contributed by atoms with Gasteiger partial charge in [0.1, 0.15) is 0 Å². The fraction of sp³-hybridized carbons (Fsp3) is 0.714. The largest absolute Gasteiger partial charge is 0.316 e. The minimum absolute atomic E-state index is 0.495. The average molecular weight is 237 g/mol. The van der Waals surface area contributed by atoms with Crippen molar-refractivity contribution < 1.29 is 0 Å². The van der Waals surface area contributed by atoms with Crippen molar-refractivity contribution in [1.29, 1.82) is 0 Å². The fourth-order valence-corrected chi connectivity index (χ4v) is 4.06. The Morgan fingerprint density at radius 1 is 1.56 bits per heavy atom. The van der Waals surface area contributed by atoms with Gasteiger partial charge in [-0.3, -0.25) is 0 Å². The van der Waals surface area contributed by atoms with Crippen molar-refractivity contribution in [2.45, 2.75) is 39.0 Å². The van der Waals surface area contributed by atoms with Gasteiger partial charge in [-0.05, 0) is 49.2 Å². The minimum Gasteiger partial charge on any atom is -0.316 e. The molecule has 0 bridgehead atoms. The molecule has 1 heterocycles. The topological polar surface area (TPSA) is 12.0 Å². The van der Waals surface area contributed by atoms with E-state index in [2.05, 4.69) is 43.6 Å². The molecule has 2 heteroatoms. The highest BCUT2D eigenvalue weighted by molar-refractivity contribution is 7.10. The van der Waals surface area contributed by atoms with Crippen LogP contribution in [0.1, 0.15) is 38.5 Å². The zero-order chi connectivity index (χ0) is 11.6. The van der Waals surface area contributed by atoms with E-state index in [-0.39, 0.29) is 0 Å². The maximum Gasteiger partial charge on any atom is 0.0114 e. The molecular weight excluding hydrogens is 214 g/mol. The van der Waals surface area contributed by atoms with Gasteiger partial charge in [-0.15, -0.1) is 11.3 Å². The molecule has 2 rings (SSSR count). The first-order chi connectivity index (χ1) is 7.71. The predicted octanol–water partition coefficient (Wildman–Crippen LogP) is 3.66. The number of hydrogen-bond acceptors (Lipinski definition) is 2. The van der Waals surface area contributed by atoms with Gasteiger partial charge in [0.05, 0.1) is 0 Å². The smallest absolute Gasteiger partial charge is 0.0114 e. The summed E-state index contributed by atoms with van der Waals surface area (Å²) in [6.45, 7) is 9.34. The number of rotatable bonds is 6. The Kier molecular flexibility index (Phi) is 3.70. The zero-order valence-corrected chi connectivity index (χ0v) is 11.4. The third-order valence-electron chi connectivity index (χ3n) is 3.98. The Labute approximate surface area is 103 Å². The summed E-state index contributed by atoms with van der Waals surface area (Å²) < 4.78 is 0. The van der Waals surface area contributed by atoms with E-state index in [1.165, 1.54) is 19.4 Å². The molecule has 2 atom stereocenters. The first kappa shape index (κ1) is 12.1. The van der Waals surface area contributed by atoms with Crippen LogP contribution in [0, 0.1) is 11.8 Å². The van der Waals surface area contributed by atoms with Crippen LogP contribution >= 0.6 is 11.3 Å². The summed E-state index contributed by atoms with van der Waals surface area (Å²) in [5, 5.41) is 5.79. The van der Waals surface area contributed by atoms with Crippen molar-refractivity contribution in [3.8, 4) is 0 Å². The predicted molar refractivity (Wildman–Crippen MR) is 72.1 cm³/mol. The Bertz CT molecular complexity index is 317. The monoisotopic (exact) mass is 237 g/mol. The lowest BCUT2D eigenvalue weighted by atomic mass is 9.88. The molecule has 2 unspecified atom stereocenters. The second-order valence-corrected chi connectivity index (χ2v) is 6.23. The lowest BCUT2D eigenvalue weighted by molar-refractivity contribution is 0.435. The van der Waals surface area contributed by atoms with Crippen LogP contribution in [0.2, 0.25) is 0 Å². The van der Waals surface area contributed by atoms with Crippen LogP contribution in [0.3, 0.4) is 0 Å². The van der Waals surface area contributed by atoms with Gasteiger partial charge in [-0.25, -0.2) is 0 Å². The van der Waals surface area contributed by atoms with Crippen LogP contribution in [-0.2, 0) is 5.41 Å². The Morgan fingerprint density at radius 3 is 2.94 bits per heavy atom. The van der Waals surface area contributed by atoms with Gasteiger partial charge in [0.2, 0.25) is 0 Å². The SMILES string of the molecule is CCCNCC1CC1(c1cccs1)C(C)C. The van der Waals surface area contributed by atoms with Crippen molar-refractivity contribution in [3.63, 3.8) is 0 Å². The molecule has 0 saturated heterocycles. The van der Waals surface area contributed by atoms with Gasteiger partial charge >= 0.3 is 0 Å². The highest BCUT2D eigenvalue weighted by Crippen LogP contribution is 2.59. The standard InChI is InChI=1S/C14H23NS/c1-4-7-15-10-12-9-14(12,11(2)3)13-6-5-8-16-13/h5-6,8,11-12,15H,4,7,9-10H2,1-3H3. The van der Waals surface area contributed by atoms with Crippen LogP contribution in [0.25, 0.3) is 0 Å². The first-order valence-corrected chi connectivity index (χ1v) is 7.34. The van der Waals surface area contributed by atoms with Gasteiger partial charge in [-0.1, -0.05) is 26.8 Å². The quantitative estimate of drug-likeness (QED) is 0.745. The molecule has 1 fully saturated rings. The Balaban J connectivity index is 2.00. The summed E-state index contributed by atoms with van der Waals surface area (Å²) in [7, 11) is 0. The number of thiophene rings is 1. The highest BCUT2D eigenvalue weighted by Gasteiger charge is 2.57. The molecule has 0 amide bonds. The van der Waals surface area contributed by atoms with Crippen LogP contribution in [0.5, 0.6) is 0 Å². The lowest BCUT2D eigenvalue weighted by Crippen LogP contribution is -2.24. The first-order valence-electron chi connectivity index (χ1n) is 6.46. The van der Waals surface area contributed by atoms with Gasteiger partial charge in [-0.2, -0.15) is 0 Å². The van der Waals surface area contributed by atoms with E-state index in [4.69, 9.17) is 0 Å². The molecule has 1 aromatic rings. The molecule has 1 aromatic heterocycles. The summed E-state index contributed by atoms with van der Waals surface area (Å²) >= 11 is 1.94. The Hall–Kier alpha value is -0.340. The summed E-state index contributed by atoms with van der Waals surface area (Å²) in [6.07, 6.45) is 2.61. The second-order valence-electron chi connectivity index (χ2n) is 5.28. The third-order valence-corrected chi connectivity index (χ3v) is 5.04. The fourth-order valence-electron chi connectivity index (χ4n) is 2.89. The molecule has 1 aliphatic rings. The van der Waals surface area contributed by atoms with E-state index < -0.39 is 0 Å². The molecule has 16 heavy (non-hydrogen) atoms. The van der Waals surface area contributed by atoms with Gasteiger partial charge in [0, 0.05) is 10.3 Å². The zero-order valence-electron chi connectivity index (χ0n) is 10.6. The van der Waals surface area contributed by atoms with Crippen molar-refractivity contribution in [3.05, 3.63) is 22.4 Å². The molecule has 0 aliphatic heterocycles. The molecule has 0 spiro atoms. The molecule has 0 aromatic carbocycles. The van der Waals surface area contributed by atoms with E-state index in [9.17, 15) is 0 Å². The molecule has 1 N–H and O–H groups in total. The van der Waals surface area contributed by atoms with E-state index in [1.54, 1.807) is 4.88 Å². The molecule has 90 valence electrons. The van der Waals surface area contributed by atoms with Crippen molar-refractivity contribution in [1.82, 2.24) is 5.32 Å². The van der Waals surface area contributed by atoms with Gasteiger partial charge < -0.3 is 5.32 Å². The molecular formula is C14H23NS. The molecule has 1 nitrogen and oxygen atoms in total. The van der Waals surface area contributed by atoms with Crippen molar-refractivity contribution in [2.75, 3.05) is 13.1 Å². The molecule has 1 aliphatic carbocycles. The van der Waals surface area contributed by atoms with Crippen LogP contribution in [-0.4, -0.2) is 13.1 Å². The maximum absolute atomic E-state index is 3.57. The third kappa shape index (κ3) is 2.05.